The molecule has 2 amide bonds. The van der Waals surface area contributed by atoms with Gasteiger partial charge in [0.15, 0.2) is 5.13 Å². The molecule has 20 heavy (non-hydrogen) atoms. The Morgan fingerprint density at radius 1 is 1.30 bits per heavy atom. The van der Waals surface area contributed by atoms with Crippen LogP contribution in [0.3, 0.4) is 0 Å². The van der Waals surface area contributed by atoms with E-state index < -0.39 is 0 Å². The number of benzene rings is 1. The summed E-state index contributed by atoms with van der Waals surface area (Å²) >= 11 is 1.52. The van der Waals surface area contributed by atoms with Crippen LogP contribution in [0, 0.1) is 0 Å². The van der Waals surface area contributed by atoms with Crippen LogP contribution in [-0.4, -0.2) is 29.0 Å². The summed E-state index contributed by atoms with van der Waals surface area (Å²) in [6.45, 7) is 0. The number of hydrogen-bond acceptors (Lipinski definition) is 3. The number of hydrogen-bond donors (Lipinski definition) is 1. The first-order valence-electron chi connectivity index (χ1n) is 7.13. The average molecular weight is 289 g/mol. The van der Waals surface area contributed by atoms with Gasteiger partial charge in [-0.25, -0.2) is 9.78 Å². The maximum Gasteiger partial charge on any atom is 0.323 e. The number of rotatable bonds is 2. The van der Waals surface area contributed by atoms with Gasteiger partial charge < -0.3 is 4.90 Å². The normalized spacial score (nSPS) is 16.2. The Morgan fingerprint density at radius 2 is 2.05 bits per heavy atom. The van der Waals surface area contributed by atoms with E-state index in [1.807, 2.05) is 36.2 Å². The molecule has 4 nitrogen and oxygen atoms in total. The third-order valence-electron chi connectivity index (χ3n) is 3.95. The second kappa shape index (κ2) is 5.79. The summed E-state index contributed by atoms with van der Waals surface area (Å²) in [5.74, 6) is 0. The number of fused-ring (bicyclic) bond motifs is 1. The molecule has 106 valence electrons. The third-order valence-corrected chi connectivity index (χ3v) is 4.90. The zero-order valence-corrected chi connectivity index (χ0v) is 12.4. The summed E-state index contributed by atoms with van der Waals surface area (Å²) in [5.41, 5.74) is 0.938. The van der Waals surface area contributed by atoms with Crippen molar-refractivity contribution in [1.29, 1.82) is 0 Å². The second-order valence-electron chi connectivity index (χ2n) is 5.32. The molecule has 1 aromatic heterocycles. The lowest BCUT2D eigenvalue weighted by Crippen LogP contribution is -2.40. The van der Waals surface area contributed by atoms with Crippen molar-refractivity contribution in [3.05, 3.63) is 24.3 Å². The van der Waals surface area contributed by atoms with E-state index in [1.165, 1.54) is 30.6 Å². The van der Waals surface area contributed by atoms with Crippen LogP contribution < -0.4 is 5.32 Å². The van der Waals surface area contributed by atoms with Gasteiger partial charge in [0.05, 0.1) is 10.2 Å². The Hall–Kier alpha value is -1.62. The fourth-order valence-corrected chi connectivity index (χ4v) is 3.59. The highest BCUT2D eigenvalue weighted by Crippen LogP contribution is 2.26. The number of anilines is 1. The topological polar surface area (TPSA) is 45.2 Å². The van der Waals surface area contributed by atoms with Crippen molar-refractivity contribution >= 4 is 32.7 Å². The van der Waals surface area contributed by atoms with Gasteiger partial charge in [-0.3, -0.25) is 5.32 Å². The lowest BCUT2D eigenvalue weighted by molar-refractivity contribution is 0.186. The van der Waals surface area contributed by atoms with E-state index >= 15 is 0 Å². The Kier molecular flexibility index (Phi) is 3.87. The predicted octanol–water partition coefficient (Wildman–Crippen LogP) is 4.09. The highest BCUT2D eigenvalue weighted by Gasteiger charge is 2.22. The molecule has 3 rings (SSSR count). The van der Waals surface area contributed by atoms with Crippen LogP contribution in [0.25, 0.3) is 10.2 Å². The fourth-order valence-electron chi connectivity index (χ4n) is 2.74. The predicted molar refractivity (Wildman–Crippen MR) is 83.3 cm³/mol. The van der Waals surface area contributed by atoms with Crippen LogP contribution >= 0.6 is 11.3 Å². The minimum Gasteiger partial charge on any atom is -0.325 e. The largest absolute Gasteiger partial charge is 0.325 e. The van der Waals surface area contributed by atoms with Crippen molar-refractivity contribution in [3.8, 4) is 0 Å². The second-order valence-corrected chi connectivity index (χ2v) is 6.35. The lowest BCUT2D eigenvalue weighted by atomic mass is 9.95. The Labute approximate surface area is 122 Å². The van der Waals surface area contributed by atoms with E-state index in [-0.39, 0.29) is 6.03 Å². The number of nitrogens with zero attached hydrogens (tertiary/aromatic N) is 2. The van der Waals surface area contributed by atoms with Crippen LogP contribution in [0.2, 0.25) is 0 Å². The zero-order valence-electron chi connectivity index (χ0n) is 11.6. The lowest BCUT2D eigenvalue weighted by Gasteiger charge is -2.30. The van der Waals surface area contributed by atoms with Crippen LogP contribution in [0.4, 0.5) is 9.93 Å². The van der Waals surface area contributed by atoms with Gasteiger partial charge in [0.1, 0.15) is 0 Å². The molecule has 1 fully saturated rings. The molecule has 2 aromatic rings. The number of carbonyl (C=O) groups is 1. The van der Waals surface area contributed by atoms with Crippen molar-refractivity contribution in [2.24, 2.45) is 0 Å². The molecule has 0 bridgehead atoms. The van der Waals surface area contributed by atoms with E-state index in [9.17, 15) is 4.79 Å². The monoisotopic (exact) mass is 289 g/mol. The average Bonchev–Trinajstić information content (AvgIpc) is 2.89. The van der Waals surface area contributed by atoms with Gasteiger partial charge in [0, 0.05) is 13.1 Å². The zero-order chi connectivity index (χ0) is 13.9. The molecule has 1 saturated carbocycles. The van der Waals surface area contributed by atoms with Gasteiger partial charge in [-0.1, -0.05) is 42.7 Å². The fraction of sp³-hybridized carbons (Fsp3) is 0.467. The molecule has 1 aliphatic rings. The third kappa shape index (κ3) is 2.77. The summed E-state index contributed by atoms with van der Waals surface area (Å²) < 4.78 is 1.10. The molecule has 1 heterocycles. The molecule has 0 spiro atoms. The summed E-state index contributed by atoms with van der Waals surface area (Å²) in [6, 6.07) is 8.26. The van der Waals surface area contributed by atoms with Crippen molar-refractivity contribution in [2.75, 3.05) is 12.4 Å². The smallest absolute Gasteiger partial charge is 0.323 e. The van der Waals surface area contributed by atoms with E-state index in [0.29, 0.717) is 11.2 Å². The van der Waals surface area contributed by atoms with Gasteiger partial charge >= 0.3 is 6.03 Å². The molecule has 0 saturated heterocycles. The number of para-hydroxylation sites is 1. The summed E-state index contributed by atoms with van der Waals surface area (Å²) in [6.07, 6.45) is 5.98. The number of nitrogens with one attached hydrogen (secondary N) is 1. The molecular formula is C15H19N3OS. The number of aromatic nitrogens is 1. The van der Waals surface area contributed by atoms with E-state index in [0.717, 1.165) is 23.1 Å². The Balaban J connectivity index is 1.68. The number of amides is 2. The Bertz CT molecular complexity index is 571. The van der Waals surface area contributed by atoms with Crippen LogP contribution in [0.5, 0.6) is 0 Å². The molecule has 0 unspecified atom stereocenters. The molecule has 5 heteroatoms. The van der Waals surface area contributed by atoms with Crippen molar-refractivity contribution in [3.63, 3.8) is 0 Å². The van der Waals surface area contributed by atoms with Crippen LogP contribution in [0.1, 0.15) is 32.1 Å². The van der Waals surface area contributed by atoms with Gasteiger partial charge in [-0.15, -0.1) is 0 Å². The first kappa shape index (κ1) is 13.4. The summed E-state index contributed by atoms with van der Waals surface area (Å²) in [5, 5.41) is 3.60. The first-order chi connectivity index (χ1) is 9.74. The maximum atomic E-state index is 12.3. The summed E-state index contributed by atoms with van der Waals surface area (Å²) in [7, 11) is 1.89. The highest BCUT2D eigenvalue weighted by molar-refractivity contribution is 7.22. The van der Waals surface area contributed by atoms with E-state index in [4.69, 9.17) is 0 Å². The highest BCUT2D eigenvalue weighted by atomic mass is 32.1. The van der Waals surface area contributed by atoms with Gasteiger partial charge in [0.2, 0.25) is 0 Å². The Morgan fingerprint density at radius 3 is 2.80 bits per heavy atom. The maximum absolute atomic E-state index is 12.3. The van der Waals surface area contributed by atoms with E-state index in [1.54, 1.807) is 0 Å². The van der Waals surface area contributed by atoms with Crippen molar-refractivity contribution < 1.29 is 4.79 Å². The molecule has 0 atom stereocenters. The number of thiazole rings is 1. The first-order valence-corrected chi connectivity index (χ1v) is 7.95. The summed E-state index contributed by atoms with van der Waals surface area (Å²) in [4.78, 5) is 18.5. The number of urea groups is 1. The molecular weight excluding hydrogens is 270 g/mol. The SMILES string of the molecule is CN(C(=O)Nc1nc2ccccc2s1)C1CCCCC1. The molecule has 0 radical (unpaired) electrons. The van der Waals surface area contributed by atoms with Crippen molar-refractivity contribution in [2.45, 2.75) is 38.1 Å². The van der Waals surface area contributed by atoms with Crippen LogP contribution in [-0.2, 0) is 0 Å². The van der Waals surface area contributed by atoms with E-state index in [2.05, 4.69) is 10.3 Å². The quantitative estimate of drug-likeness (QED) is 0.905. The molecule has 1 N–H and O–H groups in total. The standard InChI is InChI=1S/C15H19N3OS/c1-18(11-7-3-2-4-8-11)15(19)17-14-16-12-9-5-6-10-13(12)20-14/h5-6,9-11H,2-4,7-8H2,1H3,(H,16,17,19). The minimum absolute atomic E-state index is 0.0454. The molecule has 1 aliphatic carbocycles. The minimum atomic E-state index is -0.0454. The van der Waals surface area contributed by atoms with Gasteiger partial charge in [-0.05, 0) is 25.0 Å². The number of carbonyl (C=O) groups excluding carboxylic acids is 1. The van der Waals surface area contributed by atoms with Gasteiger partial charge in [0.25, 0.3) is 0 Å². The van der Waals surface area contributed by atoms with Crippen LogP contribution in [0.15, 0.2) is 24.3 Å². The van der Waals surface area contributed by atoms with Crippen molar-refractivity contribution in [1.82, 2.24) is 9.88 Å². The molecule has 0 aliphatic heterocycles. The molecule has 1 aromatic carbocycles. The van der Waals surface area contributed by atoms with Gasteiger partial charge in [-0.2, -0.15) is 0 Å².